The highest BCUT2D eigenvalue weighted by Crippen LogP contribution is 2.13. The van der Waals surface area contributed by atoms with Crippen LogP contribution in [0.4, 0.5) is 0 Å². The van der Waals surface area contributed by atoms with E-state index < -0.39 is 17.9 Å². The van der Waals surface area contributed by atoms with Crippen LogP contribution in [0.25, 0.3) is 0 Å². The summed E-state index contributed by atoms with van der Waals surface area (Å²) in [6, 6.07) is 0.562. The Kier molecular flexibility index (Phi) is 4.25. The van der Waals surface area contributed by atoms with E-state index in [9.17, 15) is 9.59 Å². The average Bonchev–Trinajstić information content (AvgIpc) is 2.76. The molecule has 0 aromatic carbocycles. The molecule has 0 aliphatic heterocycles. The van der Waals surface area contributed by atoms with Gasteiger partial charge in [0, 0.05) is 13.1 Å². The summed E-state index contributed by atoms with van der Waals surface area (Å²) in [6.45, 7) is 3.81. The Hall–Kier alpha value is -1.85. The second-order valence-corrected chi connectivity index (χ2v) is 4.28. The molecule has 0 aliphatic carbocycles. The van der Waals surface area contributed by atoms with Crippen molar-refractivity contribution in [1.82, 2.24) is 10.1 Å². The molecule has 6 heteroatoms. The van der Waals surface area contributed by atoms with Crippen LogP contribution in [-0.4, -0.2) is 40.1 Å². The van der Waals surface area contributed by atoms with Gasteiger partial charge in [-0.25, -0.2) is 4.79 Å². The molecule has 1 heterocycles. The summed E-state index contributed by atoms with van der Waals surface area (Å²) in [5.41, 5.74) is 0.113. The summed E-state index contributed by atoms with van der Waals surface area (Å²) in [4.78, 5) is 24.2. The number of aromatic nitrogens is 1. The molecule has 0 saturated carbocycles. The standard InChI is InChI=1S/C11H16N2O4/c1-7(2)6-9(11(15)16)13(3)10(14)8-4-5-17-12-8/h4-5,7,9H,6H2,1-3H3,(H,15,16). The number of amides is 1. The second kappa shape index (κ2) is 5.47. The molecule has 1 rings (SSSR count). The molecule has 1 N–H and O–H groups in total. The molecule has 0 saturated heterocycles. The molecule has 0 spiro atoms. The second-order valence-electron chi connectivity index (χ2n) is 4.28. The molecule has 1 amide bonds. The Morgan fingerprint density at radius 3 is 2.59 bits per heavy atom. The van der Waals surface area contributed by atoms with E-state index in [1.54, 1.807) is 0 Å². The van der Waals surface area contributed by atoms with Gasteiger partial charge in [-0.2, -0.15) is 0 Å². The van der Waals surface area contributed by atoms with Gasteiger partial charge in [0.2, 0.25) is 0 Å². The zero-order valence-corrected chi connectivity index (χ0v) is 10.1. The van der Waals surface area contributed by atoms with Gasteiger partial charge in [0.15, 0.2) is 5.69 Å². The molecule has 1 aromatic rings. The van der Waals surface area contributed by atoms with Crippen LogP contribution in [0.5, 0.6) is 0 Å². The molecule has 6 nitrogen and oxygen atoms in total. The van der Waals surface area contributed by atoms with Crippen LogP contribution < -0.4 is 0 Å². The highest BCUT2D eigenvalue weighted by atomic mass is 16.5. The molecule has 1 aromatic heterocycles. The zero-order valence-electron chi connectivity index (χ0n) is 10.1. The summed E-state index contributed by atoms with van der Waals surface area (Å²) in [5, 5.41) is 12.6. The first-order valence-corrected chi connectivity index (χ1v) is 5.33. The van der Waals surface area contributed by atoms with Gasteiger partial charge < -0.3 is 14.5 Å². The quantitative estimate of drug-likeness (QED) is 0.837. The van der Waals surface area contributed by atoms with E-state index in [2.05, 4.69) is 9.68 Å². The number of carboxylic acids is 1. The van der Waals surface area contributed by atoms with Crippen molar-refractivity contribution in [3.63, 3.8) is 0 Å². The largest absolute Gasteiger partial charge is 0.480 e. The SMILES string of the molecule is CC(C)CC(C(=O)O)N(C)C(=O)c1ccon1. The van der Waals surface area contributed by atoms with Crippen LogP contribution in [0, 0.1) is 5.92 Å². The number of hydrogen-bond donors (Lipinski definition) is 1. The van der Waals surface area contributed by atoms with Gasteiger partial charge in [-0.15, -0.1) is 0 Å². The van der Waals surface area contributed by atoms with Gasteiger partial charge in [0.25, 0.3) is 5.91 Å². The Labute approximate surface area is 99.2 Å². The maximum absolute atomic E-state index is 11.9. The maximum atomic E-state index is 11.9. The van der Waals surface area contributed by atoms with Crippen LogP contribution in [0.3, 0.4) is 0 Å². The molecule has 17 heavy (non-hydrogen) atoms. The highest BCUT2D eigenvalue weighted by Gasteiger charge is 2.28. The minimum Gasteiger partial charge on any atom is -0.480 e. The average molecular weight is 240 g/mol. The third kappa shape index (κ3) is 3.30. The van der Waals surface area contributed by atoms with Gasteiger partial charge in [-0.3, -0.25) is 4.79 Å². The van der Waals surface area contributed by atoms with E-state index in [1.165, 1.54) is 24.3 Å². The lowest BCUT2D eigenvalue weighted by Gasteiger charge is -2.25. The minimum atomic E-state index is -1.02. The fraction of sp³-hybridized carbons (Fsp3) is 0.545. The third-order valence-electron chi connectivity index (χ3n) is 2.42. The molecule has 0 aliphatic rings. The first-order chi connectivity index (χ1) is 7.93. The van der Waals surface area contributed by atoms with Gasteiger partial charge in [0.05, 0.1) is 0 Å². The smallest absolute Gasteiger partial charge is 0.326 e. The number of carboxylic acid groups (broad SMARTS) is 1. The lowest BCUT2D eigenvalue weighted by molar-refractivity contribution is -0.142. The van der Waals surface area contributed by atoms with Crippen molar-refractivity contribution in [1.29, 1.82) is 0 Å². The Morgan fingerprint density at radius 1 is 1.53 bits per heavy atom. The lowest BCUT2D eigenvalue weighted by atomic mass is 10.0. The van der Waals surface area contributed by atoms with Gasteiger partial charge >= 0.3 is 5.97 Å². The molecule has 0 fully saturated rings. The van der Waals surface area contributed by atoms with Crippen LogP contribution in [-0.2, 0) is 4.79 Å². The summed E-state index contributed by atoms with van der Waals surface area (Å²) in [5.74, 6) is -1.28. The Balaban J connectivity index is 2.81. The summed E-state index contributed by atoms with van der Waals surface area (Å²) < 4.78 is 4.56. The van der Waals surface area contributed by atoms with E-state index in [0.29, 0.717) is 6.42 Å². The van der Waals surface area contributed by atoms with E-state index in [4.69, 9.17) is 5.11 Å². The van der Waals surface area contributed by atoms with Crippen LogP contribution in [0.2, 0.25) is 0 Å². The van der Waals surface area contributed by atoms with E-state index in [1.807, 2.05) is 13.8 Å². The van der Waals surface area contributed by atoms with E-state index in [-0.39, 0.29) is 11.6 Å². The van der Waals surface area contributed by atoms with Crippen LogP contribution in [0.1, 0.15) is 30.8 Å². The Bertz CT molecular complexity index is 386. The molecular weight excluding hydrogens is 224 g/mol. The first kappa shape index (κ1) is 13.2. The number of nitrogens with zero attached hydrogens (tertiary/aromatic N) is 2. The van der Waals surface area contributed by atoms with Gasteiger partial charge in [-0.05, 0) is 12.3 Å². The fourth-order valence-corrected chi connectivity index (χ4v) is 1.52. The normalized spacial score (nSPS) is 12.5. The molecule has 0 bridgehead atoms. The van der Waals surface area contributed by atoms with E-state index in [0.717, 1.165) is 0 Å². The molecule has 1 atom stereocenters. The number of aliphatic carboxylic acids is 1. The lowest BCUT2D eigenvalue weighted by Crippen LogP contribution is -2.43. The third-order valence-corrected chi connectivity index (χ3v) is 2.42. The summed E-state index contributed by atoms with van der Waals surface area (Å²) in [6.07, 6.45) is 1.68. The van der Waals surface area contributed by atoms with E-state index >= 15 is 0 Å². The number of rotatable bonds is 5. The predicted molar refractivity (Wildman–Crippen MR) is 59.5 cm³/mol. The first-order valence-electron chi connectivity index (χ1n) is 5.33. The summed E-state index contributed by atoms with van der Waals surface area (Å²) in [7, 11) is 1.46. The van der Waals surface area contributed by atoms with Crippen LogP contribution in [0.15, 0.2) is 16.9 Å². The van der Waals surface area contributed by atoms with Crippen molar-refractivity contribution in [3.8, 4) is 0 Å². The minimum absolute atomic E-state index is 0.113. The van der Waals surface area contributed by atoms with Crippen molar-refractivity contribution in [2.75, 3.05) is 7.05 Å². The maximum Gasteiger partial charge on any atom is 0.326 e. The molecular formula is C11H16N2O4. The van der Waals surface area contributed by atoms with Gasteiger partial charge in [0.1, 0.15) is 12.3 Å². The zero-order chi connectivity index (χ0) is 13.0. The van der Waals surface area contributed by atoms with Crippen molar-refractivity contribution >= 4 is 11.9 Å². The fourth-order valence-electron chi connectivity index (χ4n) is 1.52. The summed E-state index contributed by atoms with van der Waals surface area (Å²) >= 11 is 0. The highest BCUT2D eigenvalue weighted by molar-refractivity contribution is 5.94. The number of carbonyl (C=O) groups excluding carboxylic acids is 1. The molecule has 1 unspecified atom stereocenters. The predicted octanol–water partition coefficient (Wildman–Crippen LogP) is 1.25. The van der Waals surface area contributed by atoms with Crippen molar-refractivity contribution < 1.29 is 19.2 Å². The molecule has 0 radical (unpaired) electrons. The van der Waals surface area contributed by atoms with Gasteiger partial charge in [-0.1, -0.05) is 19.0 Å². The topological polar surface area (TPSA) is 83.6 Å². The molecule has 94 valence electrons. The van der Waals surface area contributed by atoms with Crippen molar-refractivity contribution in [3.05, 3.63) is 18.0 Å². The monoisotopic (exact) mass is 240 g/mol. The van der Waals surface area contributed by atoms with Crippen molar-refractivity contribution in [2.24, 2.45) is 5.92 Å². The number of hydrogen-bond acceptors (Lipinski definition) is 4. The van der Waals surface area contributed by atoms with Crippen LogP contribution >= 0.6 is 0 Å². The Morgan fingerprint density at radius 2 is 2.18 bits per heavy atom. The van der Waals surface area contributed by atoms with Crippen molar-refractivity contribution in [2.45, 2.75) is 26.3 Å². The number of likely N-dealkylation sites (N-methyl/N-ethyl adjacent to an activating group) is 1. The number of carbonyl (C=O) groups is 2.